The van der Waals surface area contributed by atoms with Crippen LogP contribution in [0.25, 0.3) is 0 Å². The van der Waals surface area contributed by atoms with Crippen molar-refractivity contribution >= 4 is 58.2 Å². The molecule has 164 valence electrons. The van der Waals surface area contributed by atoms with Gasteiger partial charge in [-0.1, -0.05) is 83.5 Å². The predicted molar refractivity (Wildman–Crippen MR) is 133 cm³/mol. The van der Waals surface area contributed by atoms with Gasteiger partial charge >= 0.3 is 0 Å². The molecular formula is C25H17Cl2N3O2S. The standard InChI is InChI=1S/C25H17Cl2N3O2S/c26-20-12-11-17(14-21(20)27)29-23(31)19(15-28)25-30(18-9-5-2-6-10-18)24(32)22(33-25)13-16-7-3-1-4-8-16/h1-12,14,22H,13H2,(H,29,31)/b25-19-/t22-/m0/s1. The van der Waals surface area contributed by atoms with Crippen LogP contribution >= 0.6 is 35.0 Å². The largest absolute Gasteiger partial charge is 0.321 e. The molecule has 4 rings (SSSR count). The number of thioether (sulfide) groups is 1. The number of nitriles is 1. The Morgan fingerprint density at radius 3 is 2.30 bits per heavy atom. The van der Waals surface area contributed by atoms with Crippen molar-refractivity contribution in [2.45, 2.75) is 11.7 Å². The first-order valence-electron chi connectivity index (χ1n) is 9.98. The molecule has 33 heavy (non-hydrogen) atoms. The van der Waals surface area contributed by atoms with Crippen LogP contribution in [0.1, 0.15) is 5.56 Å². The highest BCUT2D eigenvalue weighted by atomic mass is 35.5. The van der Waals surface area contributed by atoms with Gasteiger partial charge in [0.15, 0.2) is 0 Å². The molecule has 0 bridgehead atoms. The Morgan fingerprint density at radius 1 is 1.00 bits per heavy atom. The van der Waals surface area contributed by atoms with Crippen LogP contribution in [0.2, 0.25) is 10.0 Å². The molecule has 0 radical (unpaired) electrons. The zero-order chi connectivity index (χ0) is 23.4. The molecule has 1 aliphatic heterocycles. The molecule has 1 heterocycles. The van der Waals surface area contributed by atoms with Crippen molar-refractivity contribution in [1.82, 2.24) is 0 Å². The van der Waals surface area contributed by atoms with E-state index in [1.165, 1.54) is 22.7 Å². The molecule has 0 aliphatic carbocycles. The number of rotatable bonds is 5. The van der Waals surface area contributed by atoms with E-state index in [9.17, 15) is 14.9 Å². The number of para-hydroxylation sites is 1. The Morgan fingerprint density at radius 2 is 1.67 bits per heavy atom. The van der Waals surface area contributed by atoms with Crippen molar-refractivity contribution in [3.63, 3.8) is 0 Å². The highest BCUT2D eigenvalue weighted by molar-refractivity contribution is 8.05. The Bertz CT molecular complexity index is 1270. The molecule has 0 spiro atoms. The summed E-state index contributed by atoms with van der Waals surface area (Å²) in [5, 5.41) is 13.0. The quantitative estimate of drug-likeness (QED) is 0.346. The van der Waals surface area contributed by atoms with E-state index in [-0.39, 0.29) is 16.5 Å². The van der Waals surface area contributed by atoms with Crippen LogP contribution in [0.4, 0.5) is 11.4 Å². The molecule has 0 aromatic heterocycles. The summed E-state index contributed by atoms with van der Waals surface area (Å²) in [4.78, 5) is 27.9. The lowest BCUT2D eigenvalue weighted by atomic mass is 10.1. The first-order chi connectivity index (χ1) is 16.0. The topological polar surface area (TPSA) is 73.2 Å². The number of nitrogens with one attached hydrogen (secondary N) is 1. The summed E-state index contributed by atoms with van der Waals surface area (Å²) in [5.74, 6) is -0.812. The number of benzene rings is 3. The molecule has 0 saturated carbocycles. The summed E-state index contributed by atoms with van der Waals surface area (Å²) in [6.07, 6.45) is 0.476. The number of hydrogen-bond acceptors (Lipinski definition) is 4. The molecule has 3 aromatic carbocycles. The van der Waals surface area contributed by atoms with Crippen LogP contribution in [-0.4, -0.2) is 17.1 Å². The van der Waals surface area contributed by atoms with Gasteiger partial charge in [-0.15, -0.1) is 0 Å². The van der Waals surface area contributed by atoms with Crippen LogP contribution in [0.5, 0.6) is 0 Å². The number of carbonyl (C=O) groups excluding carboxylic acids is 2. The van der Waals surface area contributed by atoms with E-state index in [1.807, 2.05) is 42.5 Å². The van der Waals surface area contributed by atoms with Gasteiger partial charge in [-0.3, -0.25) is 14.5 Å². The van der Waals surface area contributed by atoms with Crippen molar-refractivity contribution in [3.8, 4) is 6.07 Å². The smallest absolute Gasteiger partial charge is 0.269 e. The second-order valence-electron chi connectivity index (χ2n) is 7.18. The van der Waals surface area contributed by atoms with Crippen molar-refractivity contribution in [2.75, 3.05) is 10.2 Å². The van der Waals surface area contributed by atoms with Gasteiger partial charge in [0, 0.05) is 11.4 Å². The van der Waals surface area contributed by atoms with Gasteiger partial charge in [0.2, 0.25) is 5.91 Å². The lowest BCUT2D eigenvalue weighted by Crippen LogP contribution is -2.30. The maximum Gasteiger partial charge on any atom is 0.269 e. The van der Waals surface area contributed by atoms with Crippen molar-refractivity contribution in [1.29, 1.82) is 5.26 Å². The minimum absolute atomic E-state index is 0.154. The van der Waals surface area contributed by atoms with E-state index < -0.39 is 11.2 Å². The second kappa shape index (κ2) is 10.1. The van der Waals surface area contributed by atoms with Gasteiger partial charge in [0.25, 0.3) is 5.91 Å². The Hall–Kier alpha value is -3.24. The van der Waals surface area contributed by atoms with Crippen LogP contribution < -0.4 is 10.2 Å². The number of anilines is 2. The molecular weight excluding hydrogens is 477 g/mol. The average molecular weight is 494 g/mol. The maximum atomic E-state index is 13.4. The van der Waals surface area contributed by atoms with Gasteiger partial charge in [-0.2, -0.15) is 5.26 Å². The zero-order valence-corrected chi connectivity index (χ0v) is 19.5. The van der Waals surface area contributed by atoms with Gasteiger partial charge in [-0.25, -0.2) is 0 Å². The molecule has 2 amide bonds. The third kappa shape index (κ3) is 5.07. The lowest BCUT2D eigenvalue weighted by Gasteiger charge is -2.18. The van der Waals surface area contributed by atoms with Gasteiger partial charge in [0.1, 0.15) is 16.7 Å². The number of hydrogen-bond donors (Lipinski definition) is 1. The second-order valence-corrected chi connectivity index (χ2v) is 9.19. The van der Waals surface area contributed by atoms with E-state index in [1.54, 1.807) is 36.4 Å². The minimum Gasteiger partial charge on any atom is -0.321 e. The molecule has 3 aromatic rings. The number of halogens is 2. The summed E-state index contributed by atoms with van der Waals surface area (Å²) < 4.78 is 0. The first kappa shape index (κ1) is 22.9. The highest BCUT2D eigenvalue weighted by Gasteiger charge is 2.40. The predicted octanol–water partition coefficient (Wildman–Crippen LogP) is 6.06. The van der Waals surface area contributed by atoms with Crippen molar-refractivity contribution in [3.05, 3.63) is 105 Å². The van der Waals surface area contributed by atoms with Crippen LogP contribution in [-0.2, 0) is 16.0 Å². The zero-order valence-electron chi connectivity index (χ0n) is 17.2. The van der Waals surface area contributed by atoms with Gasteiger partial charge in [0.05, 0.1) is 15.3 Å². The normalized spacial score (nSPS) is 16.9. The van der Waals surface area contributed by atoms with Gasteiger partial charge < -0.3 is 5.32 Å². The monoisotopic (exact) mass is 493 g/mol. The first-order valence-corrected chi connectivity index (χ1v) is 11.6. The fraction of sp³-hybridized carbons (Fsp3) is 0.0800. The van der Waals surface area contributed by atoms with E-state index in [4.69, 9.17) is 23.2 Å². The van der Waals surface area contributed by atoms with Gasteiger partial charge in [-0.05, 0) is 42.3 Å². The number of amides is 2. The summed E-state index contributed by atoms with van der Waals surface area (Å²) in [6, 6.07) is 25.3. The van der Waals surface area contributed by atoms with E-state index in [0.717, 1.165) is 5.56 Å². The Labute approximate surface area is 205 Å². The summed E-state index contributed by atoms with van der Waals surface area (Å²) in [6.45, 7) is 0. The molecule has 1 saturated heterocycles. The van der Waals surface area contributed by atoms with Crippen LogP contribution in [0, 0.1) is 11.3 Å². The molecule has 8 heteroatoms. The molecule has 1 N–H and O–H groups in total. The van der Waals surface area contributed by atoms with Crippen LogP contribution in [0.15, 0.2) is 89.5 Å². The molecule has 1 atom stereocenters. The fourth-order valence-electron chi connectivity index (χ4n) is 3.39. The summed E-state index contributed by atoms with van der Waals surface area (Å²) >= 11 is 13.2. The Balaban J connectivity index is 1.71. The van der Waals surface area contributed by atoms with E-state index in [0.29, 0.717) is 27.8 Å². The molecule has 1 fully saturated rings. The maximum absolute atomic E-state index is 13.4. The fourth-order valence-corrected chi connectivity index (χ4v) is 5.00. The molecule has 5 nitrogen and oxygen atoms in total. The Kier molecular flexibility index (Phi) is 7.05. The van der Waals surface area contributed by atoms with E-state index in [2.05, 4.69) is 5.32 Å². The minimum atomic E-state index is -0.632. The number of nitrogens with zero attached hydrogens (tertiary/aromatic N) is 2. The molecule has 1 aliphatic rings. The summed E-state index contributed by atoms with van der Waals surface area (Å²) in [5.41, 5.74) is 1.83. The highest BCUT2D eigenvalue weighted by Crippen LogP contribution is 2.42. The molecule has 0 unspecified atom stereocenters. The lowest BCUT2D eigenvalue weighted by molar-refractivity contribution is -0.117. The third-order valence-electron chi connectivity index (χ3n) is 4.96. The summed E-state index contributed by atoms with van der Waals surface area (Å²) in [7, 11) is 0. The average Bonchev–Trinajstić information content (AvgIpc) is 3.13. The third-order valence-corrected chi connectivity index (χ3v) is 6.96. The van der Waals surface area contributed by atoms with Crippen molar-refractivity contribution in [2.24, 2.45) is 0 Å². The van der Waals surface area contributed by atoms with Crippen LogP contribution in [0.3, 0.4) is 0 Å². The van der Waals surface area contributed by atoms with Crippen molar-refractivity contribution < 1.29 is 9.59 Å². The van der Waals surface area contributed by atoms with E-state index >= 15 is 0 Å². The SMILES string of the molecule is N#C/C(C(=O)Nc1ccc(Cl)c(Cl)c1)=C1/S[C@@H](Cc2ccccc2)C(=O)N1c1ccccc1. The number of carbonyl (C=O) groups is 2.